The first-order valence-electron chi connectivity index (χ1n) is 7.87. The van der Waals surface area contributed by atoms with Gasteiger partial charge in [-0.05, 0) is 37.3 Å². The molecule has 0 saturated heterocycles. The zero-order valence-corrected chi connectivity index (χ0v) is 13.5. The van der Waals surface area contributed by atoms with Crippen molar-refractivity contribution in [1.29, 1.82) is 0 Å². The van der Waals surface area contributed by atoms with Crippen LogP contribution < -0.4 is 16.4 Å². The molecular formula is C17H27N3O2. The molecule has 2 amide bonds. The fraction of sp³-hybridized carbons (Fsp3) is 0.529. The van der Waals surface area contributed by atoms with Crippen LogP contribution >= 0.6 is 0 Å². The number of benzene rings is 1. The van der Waals surface area contributed by atoms with Crippen LogP contribution in [0.1, 0.15) is 43.5 Å². The number of nitrogens with one attached hydrogen (secondary N) is 2. The SMILES string of the molecule is CC(C)C[C@H](N)C(=O)NCCCCNC(=O)c1ccccc1. The van der Waals surface area contributed by atoms with Crippen molar-refractivity contribution in [2.75, 3.05) is 13.1 Å². The number of hydrogen-bond acceptors (Lipinski definition) is 3. The van der Waals surface area contributed by atoms with E-state index < -0.39 is 6.04 Å². The molecule has 1 rings (SSSR count). The second-order valence-electron chi connectivity index (χ2n) is 5.86. The quantitative estimate of drug-likeness (QED) is 0.607. The molecule has 0 saturated carbocycles. The van der Waals surface area contributed by atoms with Crippen molar-refractivity contribution in [3.8, 4) is 0 Å². The Morgan fingerprint density at radius 3 is 2.23 bits per heavy atom. The minimum atomic E-state index is -0.433. The lowest BCUT2D eigenvalue weighted by atomic mass is 10.0. The topological polar surface area (TPSA) is 84.2 Å². The predicted molar refractivity (Wildman–Crippen MR) is 88.4 cm³/mol. The average molecular weight is 305 g/mol. The third-order valence-corrected chi connectivity index (χ3v) is 3.29. The monoisotopic (exact) mass is 305 g/mol. The summed E-state index contributed by atoms with van der Waals surface area (Å²) in [5, 5.41) is 5.69. The van der Waals surface area contributed by atoms with Crippen LogP contribution in [0.4, 0.5) is 0 Å². The molecule has 5 heteroatoms. The van der Waals surface area contributed by atoms with Gasteiger partial charge in [-0.3, -0.25) is 9.59 Å². The van der Waals surface area contributed by atoms with Crippen molar-refractivity contribution in [1.82, 2.24) is 10.6 Å². The van der Waals surface area contributed by atoms with Gasteiger partial charge in [0.1, 0.15) is 0 Å². The van der Waals surface area contributed by atoms with Gasteiger partial charge in [0.05, 0.1) is 6.04 Å². The first-order chi connectivity index (χ1) is 10.5. The zero-order valence-electron chi connectivity index (χ0n) is 13.5. The molecule has 0 radical (unpaired) electrons. The van der Waals surface area contributed by atoms with Gasteiger partial charge in [-0.25, -0.2) is 0 Å². The van der Waals surface area contributed by atoms with Crippen LogP contribution in [-0.2, 0) is 4.79 Å². The maximum atomic E-state index is 11.8. The Kier molecular flexibility index (Phi) is 8.22. The van der Waals surface area contributed by atoms with Crippen molar-refractivity contribution in [3.05, 3.63) is 35.9 Å². The summed E-state index contributed by atoms with van der Waals surface area (Å²) in [5.74, 6) is 0.250. The first-order valence-corrected chi connectivity index (χ1v) is 7.87. The van der Waals surface area contributed by atoms with Gasteiger partial charge in [-0.15, -0.1) is 0 Å². The van der Waals surface area contributed by atoms with E-state index >= 15 is 0 Å². The number of amides is 2. The fourth-order valence-corrected chi connectivity index (χ4v) is 2.10. The van der Waals surface area contributed by atoms with Crippen molar-refractivity contribution in [2.45, 2.75) is 39.2 Å². The average Bonchev–Trinajstić information content (AvgIpc) is 2.50. The van der Waals surface area contributed by atoms with Crippen molar-refractivity contribution in [3.63, 3.8) is 0 Å². The maximum Gasteiger partial charge on any atom is 0.251 e. The molecule has 1 atom stereocenters. The van der Waals surface area contributed by atoms with Gasteiger partial charge in [0.25, 0.3) is 5.91 Å². The van der Waals surface area contributed by atoms with Crippen molar-refractivity contribution >= 4 is 11.8 Å². The smallest absolute Gasteiger partial charge is 0.251 e. The molecule has 0 fully saturated rings. The molecule has 0 aliphatic heterocycles. The number of nitrogens with two attached hydrogens (primary N) is 1. The van der Waals surface area contributed by atoms with Gasteiger partial charge >= 0.3 is 0 Å². The van der Waals surface area contributed by atoms with Crippen molar-refractivity contribution < 1.29 is 9.59 Å². The summed E-state index contributed by atoms with van der Waals surface area (Å²) >= 11 is 0. The fourth-order valence-electron chi connectivity index (χ4n) is 2.10. The van der Waals surface area contributed by atoms with Crippen LogP contribution in [0.15, 0.2) is 30.3 Å². The summed E-state index contributed by atoms with van der Waals surface area (Å²) in [6.07, 6.45) is 2.33. The normalized spacial score (nSPS) is 12.0. The summed E-state index contributed by atoms with van der Waals surface area (Å²) in [6, 6.07) is 8.69. The van der Waals surface area contributed by atoms with Gasteiger partial charge in [0.15, 0.2) is 0 Å². The van der Waals surface area contributed by atoms with Crippen LogP contribution in [0.2, 0.25) is 0 Å². The largest absolute Gasteiger partial charge is 0.355 e. The molecule has 22 heavy (non-hydrogen) atoms. The second-order valence-corrected chi connectivity index (χ2v) is 5.86. The standard InChI is InChI=1S/C17H27N3O2/c1-13(2)12-15(18)17(22)20-11-7-6-10-19-16(21)14-8-4-3-5-9-14/h3-5,8-9,13,15H,6-7,10-12,18H2,1-2H3,(H,19,21)(H,20,22)/t15-/m0/s1. The summed E-state index contributed by atoms with van der Waals surface area (Å²) in [6.45, 7) is 5.28. The predicted octanol–water partition coefficient (Wildman–Crippen LogP) is 1.69. The lowest BCUT2D eigenvalue weighted by Gasteiger charge is -2.14. The highest BCUT2D eigenvalue weighted by Gasteiger charge is 2.13. The Morgan fingerprint density at radius 1 is 1.05 bits per heavy atom. The van der Waals surface area contributed by atoms with E-state index in [1.165, 1.54) is 0 Å². The Bertz CT molecular complexity index is 460. The molecule has 0 aliphatic carbocycles. The van der Waals surface area contributed by atoms with Gasteiger partial charge in [-0.2, -0.15) is 0 Å². The van der Waals surface area contributed by atoms with Gasteiger partial charge in [-0.1, -0.05) is 32.0 Å². The number of carbonyl (C=O) groups is 2. The van der Waals surface area contributed by atoms with Gasteiger partial charge in [0, 0.05) is 18.7 Å². The highest BCUT2D eigenvalue weighted by atomic mass is 16.2. The Morgan fingerprint density at radius 2 is 1.64 bits per heavy atom. The molecule has 0 aromatic heterocycles. The molecule has 0 spiro atoms. The minimum absolute atomic E-state index is 0.0661. The van der Waals surface area contributed by atoms with E-state index in [0.29, 0.717) is 31.0 Å². The second kappa shape index (κ2) is 9.95. The molecule has 0 heterocycles. The lowest BCUT2D eigenvalue weighted by Crippen LogP contribution is -2.41. The van der Waals surface area contributed by atoms with Crippen LogP contribution in [0.3, 0.4) is 0 Å². The highest BCUT2D eigenvalue weighted by molar-refractivity contribution is 5.94. The third kappa shape index (κ3) is 7.22. The highest BCUT2D eigenvalue weighted by Crippen LogP contribution is 2.02. The van der Waals surface area contributed by atoms with Crippen LogP contribution in [0.25, 0.3) is 0 Å². The lowest BCUT2D eigenvalue weighted by molar-refractivity contribution is -0.122. The van der Waals surface area contributed by atoms with E-state index in [0.717, 1.165) is 12.8 Å². The molecule has 0 unspecified atom stereocenters. The van der Waals surface area contributed by atoms with Gasteiger partial charge in [0.2, 0.25) is 5.91 Å². The number of hydrogen-bond donors (Lipinski definition) is 3. The molecule has 0 aliphatic rings. The van der Waals surface area contributed by atoms with E-state index in [1.54, 1.807) is 12.1 Å². The maximum absolute atomic E-state index is 11.8. The first kappa shape index (κ1) is 18.2. The van der Waals surface area contributed by atoms with Gasteiger partial charge < -0.3 is 16.4 Å². The Balaban J connectivity index is 2.08. The number of unbranched alkanes of at least 4 members (excludes halogenated alkanes) is 1. The molecule has 122 valence electrons. The van der Waals surface area contributed by atoms with E-state index in [2.05, 4.69) is 10.6 Å². The van der Waals surface area contributed by atoms with Crippen LogP contribution in [-0.4, -0.2) is 30.9 Å². The molecule has 1 aromatic rings. The van der Waals surface area contributed by atoms with E-state index in [4.69, 9.17) is 5.73 Å². The van der Waals surface area contributed by atoms with Crippen LogP contribution in [0, 0.1) is 5.92 Å². The van der Waals surface area contributed by atoms with E-state index in [9.17, 15) is 9.59 Å². The molecule has 0 bridgehead atoms. The summed E-state index contributed by atoms with van der Waals surface area (Å²) in [7, 11) is 0. The molecule has 5 nitrogen and oxygen atoms in total. The van der Waals surface area contributed by atoms with E-state index in [1.807, 2.05) is 32.0 Å². The summed E-state index contributed by atoms with van der Waals surface area (Å²) in [4.78, 5) is 23.5. The van der Waals surface area contributed by atoms with E-state index in [-0.39, 0.29) is 11.8 Å². The van der Waals surface area contributed by atoms with Crippen molar-refractivity contribution in [2.24, 2.45) is 11.7 Å². The van der Waals surface area contributed by atoms with Crippen LogP contribution in [0.5, 0.6) is 0 Å². The Hall–Kier alpha value is -1.88. The molecule has 4 N–H and O–H groups in total. The summed E-state index contributed by atoms with van der Waals surface area (Å²) < 4.78 is 0. The number of rotatable bonds is 9. The molecular weight excluding hydrogens is 278 g/mol. The Labute approximate surface area is 132 Å². The zero-order chi connectivity index (χ0) is 16.4. The summed E-state index contributed by atoms with van der Waals surface area (Å²) in [5.41, 5.74) is 6.46. The number of carbonyl (C=O) groups excluding carboxylic acids is 2. The minimum Gasteiger partial charge on any atom is -0.355 e. The third-order valence-electron chi connectivity index (χ3n) is 3.29. The molecule has 1 aromatic carbocycles.